The molecule has 0 aliphatic carbocycles. The SMILES string of the molecule is CCOC(=O)CSc1nnc2c3nncn3c3ccccc3n12. The largest absolute Gasteiger partial charge is 0.465 e. The number of nitrogens with zero attached hydrogens (tertiary/aromatic N) is 6. The van der Waals surface area contributed by atoms with Crippen LogP contribution in [0.1, 0.15) is 6.92 Å². The number of hydrogen-bond acceptors (Lipinski definition) is 7. The molecule has 0 aliphatic rings. The van der Waals surface area contributed by atoms with Crippen LogP contribution in [0.2, 0.25) is 0 Å². The van der Waals surface area contributed by atoms with Crippen LogP contribution < -0.4 is 0 Å². The van der Waals surface area contributed by atoms with E-state index >= 15 is 0 Å². The molecule has 0 amide bonds. The quantitative estimate of drug-likeness (QED) is 0.415. The van der Waals surface area contributed by atoms with E-state index in [2.05, 4.69) is 20.4 Å². The first-order valence-corrected chi connectivity index (χ1v) is 8.02. The van der Waals surface area contributed by atoms with E-state index in [1.165, 1.54) is 11.8 Å². The minimum absolute atomic E-state index is 0.181. The second-order valence-electron chi connectivity index (χ2n) is 4.75. The third-order valence-corrected chi connectivity index (χ3v) is 4.29. The summed E-state index contributed by atoms with van der Waals surface area (Å²) < 4.78 is 8.72. The Hall–Kier alpha value is -2.68. The summed E-state index contributed by atoms with van der Waals surface area (Å²) in [5, 5.41) is 17.1. The van der Waals surface area contributed by atoms with Gasteiger partial charge in [-0.3, -0.25) is 13.6 Å². The molecule has 8 nitrogen and oxygen atoms in total. The van der Waals surface area contributed by atoms with Gasteiger partial charge in [-0.25, -0.2) is 0 Å². The molecule has 0 spiro atoms. The Morgan fingerprint density at radius 3 is 2.83 bits per heavy atom. The number of esters is 1. The zero-order valence-corrected chi connectivity index (χ0v) is 13.0. The van der Waals surface area contributed by atoms with Crippen molar-refractivity contribution >= 4 is 40.1 Å². The van der Waals surface area contributed by atoms with Crippen LogP contribution in [0.3, 0.4) is 0 Å². The number of ether oxygens (including phenoxy) is 1. The van der Waals surface area contributed by atoms with Gasteiger partial charge in [0.05, 0.1) is 23.4 Å². The van der Waals surface area contributed by atoms with Crippen molar-refractivity contribution in [1.82, 2.24) is 29.2 Å². The second-order valence-corrected chi connectivity index (χ2v) is 5.69. The van der Waals surface area contributed by atoms with Gasteiger partial charge < -0.3 is 4.74 Å². The number of thioether (sulfide) groups is 1. The molecule has 116 valence electrons. The average molecular weight is 328 g/mol. The molecule has 0 fully saturated rings. The summed E-state index contributed by atoms with van der Waals surface area (Å²) in [4.78, 5) is 11.6. The van der Waals surface area contributed by atoms with Crippen molar-refractivity contribution in [1.29, 1.82) is 0 Å². The van der Waals surface area contributed by atoms with Crippen LogP contribution in [0.5, 0.6) is 0 Å². The third kappa shape index (κ3) is 2.20. The van der Waals surface area contributed by atoms with Crippen molar-refractivity contribution in [3.63, 3.8) is 0 Å². The van der Waals surface area contributed by atoms with Crippen molar-refractivity contribution in [3.05, 3.63) is 30.6 Å². The van der Waals surface area contributed by atoms with Crippen molar-refractivity contribution in [3.8, 4) is 0 Å². The molecule has 0 radical (unpaired) electrons. The maximum absolute atomic E-state index is 11.6. The van der Waals surface area contributed by atoms with Crippen LogP contribution >= 0.6 is 11.8 Å². The standard InChI is InChI=1S/C14H12N6O2S/c1-2-22-11(21)7-23-14-18-17-13-12-16-15-8-19(12)9-5-3-4-6-10(9)20(13)14/h3-6,8H,2,7H2,1H3. The number of carbonyl (C=O) groups excluding carboxylic acids is 1. The molecule has 3 heterocycles. The fourth-order valence-electron chi connectivity index (χ4n) is 2.47. The van der Waals surface area contributed by atoms with Gasteiger partial charge in [0.1, 0.15) is 6.33 Å². The summed E-state index contributed by atoms with van der Waals surface area (Å²) >= 11 is 1.29. The highest BCUT2D eigenvalue weighted by Gasteiger charge is 2.17. The molecule has 0 atom stereocenters. The van der Waals surface area contributed by atoms with Crippen molar-refractivity contribution in [2.45, 2.75) is 12.1 Å². The summed E-state index contributed by atoms with van der Waals surface area (Å²) in [7, 11) is 0. The average Bonchev–Trinajstić information content (AvgIpc) is 3.20. The van der Waals surface area contributed by atoms with Gasteiger partial charge in [-0.05, 0) is 19.1 Å². The van der Waals surface area contributed by atoms with Crippen molar-refractivity contribution in [2.24, 2.45) is 0 Å². The van der Waals surface area contributed by atoms with Gasteiger partial charge in [-0.2, -0.15) is 0 Å². The van der Waals surface area contributed by atoms with Crippen LogP contribution in [0.15, 0.2) is 35.7 Å². The minimum Gasteiger partial charge on any atom is -0.465 e. The Balaban J connectivity index is 1.90. The molecule has 0 bridgehead atoms. The van der Waals surface area contributed by atoms with Crippen LogP contribution in [0.25, 0.3) is 22.3 Å². The predicted molar refractivity (Wildman–Crippen MR) is 84.4 cm³/mol. The molecule has 9 heteroatoms. The molecule has 0 unspecified atom stereocenters. The Morgan fingerprint density at radius 2 is 2.00 bits per heavy atom. The van der Waals surface area contributed by atoms with E-state index in [4.69, 9.17) is 4.74 Å². The molecule has 4 rings (SSSR count). The van der Waals surface area contributed by atoms with Gasteiger partial charge in [0.15, 0.2) is 5.16 Å². The summed E-state index contributed by atoms with van der Waals surface area (Å²) in [6, 6.07) is 7.84. The zero-order valence-electron chi connectivity index (χ0n) is 12.2. The van der Waals surface area contributed by atoms with Gasteiger partial charge >= 0.3 is 5.97 Å². The highest BCUT2D eigenvalue weighted by Crippen LogP contribution is 2.25. The summed E-state index contributed by atoms with van der Waals surface area (Å²) in [6.07, 6.45) is 1.65. The van der Waals surface area contributed by atoms with Crippen LogP contribution in [0, 0.1) is 0 Å². The lowest BCUT2D eigenvalue weighted by molar-refractivity contribution is -0.139. The van der Waals surface area contributed by atoms with Crippen LogP contribution in [0.4, 0.5) is 0 Å². The lowest BCUT2D eigenvalue weighted by Gasteiger charge is -2.06. The molecule has 0 aliphatic heterocycles. The Kier molecular flexibility index (Phi) is 3.34. The molecule has 23 heavy (non-hydrogen) atoms. The fraction of sp³-hybridized carbons (Fsp3) is 0.214. The summed E-state index contributed by atoms with van der Waals surface area (Å²) in [5.74, 6) is -0.0944. The number of fused-ring (bicyclic) bond motifs is 6. The monoisotopic (exact) mass is 328 g/mol. The molecule has 3 aromatic heterocycles. The minimum atomic E-state index is -0.276. The molecule has 4 aromatic rings. The molecular formula is C14H12N6O2S. The Morgan fingerprint density at radius 1 is 1.17 bits per heavy atom. The lowest BCUT2D eigenvalue weighted by Crippen LogP contribution is -2.07. The zero-order chi connectivity index (χ0) is 15.8. The summed E-state index contributed by atoms with van der Waals surface area (Å²) in [5.41, 5.74) is 3.09. The van der Waals surface area contributed by atoms with Crippen LogP contribution in [-0.2, 0) is 9.53 Å². The number of aromatic nitrogens is 6. The fourth-order valence-corrected chi connectivity index (χ4v) is 3.22. The third-order valence-electron chi connectivity index (χ3n) is 3.39. The highest BCUT2D eigenvalue weighted by atomic mass is 32.2. The van der Waals surface area contributed by atoms with Crippen molar-refractivity contribution < 1.29 is 9.53 Å². The number of para-hydroxylation sites is 2. The smallest absolute Gasteiger partial charge is 0.316 e. The van der Waals surface area contributed by atoms with Gasteiger partial charge in [-0.15, -0.1) is 20.4 Å². The highest BCUT2D eigenvalue weighted by molar-refractivity contribution is 7.99. The van der Waals surface area contributed by atoms with Gasteiger partial charge in [0, 0.05) is 0 Å². The van der Waals surface area contributed by atoms with Gasteiger partial charge in [0.25, 0.3) is 0 Å². The lowest BCUT2D eigenvalue weighted by atomic mass is 10.3. The van der Waals surface area contributed by atoms with E-state index in [9.17, 15) is 4.79 Å². The number of rotatable bonds is 4. The van der Waals surface area contributed by atoms with E-state index < -0.39 is 0 Å². The Bertz CT molecular complexity index is 1020. The second kappa shape index (κ2) is 5.51. The molecule has 0 N–H and O–H groups in total. The number of carbonyl (C=O) groups is 1. The predicted octanol–water partition coefficient (Wildman–Crippen LogP) is 1.58. The number of benzene rings is 1. The molecule has 1 aromatic carbocycles. The van der Waals surface area contributed by atoms with Crippen LogP contribution in [-0.4, -0.2) is 47.5 Å². The topological polar surface area (TPSA) is 86.7 Å². The van der Waals surface area contributed by atoms with E-state index in [0.29, 0.717) is 23.1 Å². The first kappa shape index (κ1) is 13.9. The van der Waals surface area contributed by atoms with Crippen molar-refractivity contribution in [2.75, 3.05) is 12.4 Å². The Labute approximate surface area is 134 Å². The van der Waals surface area contributed by atoms with E-state index in [1.807, 2.05) is 33.1 Å². The maximum Gasteiger partial charge on any atom is 0.316 e. The summed E-state index contributed by atoms with van der Waals surface area (Å²) in [6.45, 7) is 2.15. The maximum atomic E-state index is 11.6. The van der Waals surface area contributed by atoms with Gasteiger partial charge in [0.2, 0.25) is 11.3 Å². The van der Waals surface area contributed by atoms with Gasteiger partial charge in [-0.1, -0.05) is 23.9 Å². The molecule has 0 saturated heterocycles. The number of hydrogen-bond donors (Lipinski definition) is 0. The normalized spacial score (nSPS) is 11.5. The van der Waals surface area contributed by atoms with E-state index in [1.54, 1.807) is 13.3 Å². The molecule has 0 saturated carbocycles. The van der Waals surface area contributed by atoms with E-state index in [0.717, 1.165) is 11.0 Å². The molecular weight excluding hydrogens is 316 g/mol. The first-order valence-electron chi connectivity index (χ1n) is 7.03. The van der Waals surface area contributed by atoms with E-state index in [-0.39, 0.29) is 11.7 Å². The first-order chi connectivity index (χ1) is 11.3.